The minimum Gasteiger partial charge on any atom is -0.494 e. The summed E-state index contributed by atoms with van der Waals surface area (Å²) in [4.78, 5) is 25.6. The van der Waals surface area contributed by atoms with E-state index in [9.17, 15) is 18.0 Å². The average Bonchev–Trinajstić information content (AvgIpc) is 3.17. The molecule has 27 heavy (non-hydrogen) atoms. The summed E-state index contributed by atoms with van der Waals surface area (Å²) in [6.45, 7) is 4.18. The van der Waals surface area contributed by atoms with Crippen LogP contribution in [0.2, 0.25) is 0 Å². The van der Waals surface area contributed by atoms with Crippen molar-refractivity contribution in [2.24, 2.45) is 0 Å². The Hall–Kier alpha value is -2.13. The SMILES string of the molecule is CCOc1ccc(S(=O)(=O)NCCC(=O)NCCC(=O)N2CCCC2)cc1. The standard InChI is InChI=1S/C18H27N3O5S/c1-2-26-15-5-7-16(8-6-15)27(24,25)20-12-9-17(22)19-11-10-18(23)21-13-3-4-14-21/h5-8,20H,2-4,9-14H2,1H3,(H,19,22). The molecule has 1 heterocycles. The monoisotopic (exact) mass is 397 g/mol. The lowest BCUT2D eigenvalue weighted by atomic mass is 10.3. The van der Waals surface area contributed by atoms with Gasteiger partial charge in [-0.15, -0.1) is 0 Å². The first-order chi connectivity index (χ1) is 12.9. The molecule has 0 bridgehead atoms. The van der Waals surface area contributed by atoms with Crippen molar-refractivity contribution >= 4 is 21.8 Å². The van der Waals surface area contributed by atoms with Gasteiger partial charge in [0.25, 0.3) is 0 Å². The third-order valence-electron chi connectivity index (χ3n) is 4.21. The first-order valence-electron chi connectivity index (χ1n) is 9.19. The van der Waals surface area contributed by atoms with Crippen LogP contribution in [-0.2, 0) is 19.6 Å². The van der Waals surface area contributed by atoms with E-state index in [1.54, 1.807) is 17.0 Å². The number of hydrogen-bond donors (Lipinski definition) is 2. The highest BCUT2D eigenvalue weighted by molar-refractivity contribution is 7.89. The molecule has 0 saturated carbocycles. The lowest BCUT2D eigenvalue weighted by Crippen LogP contribution is -2.34. The number of likely N-dealkylation sites (tertiary alicyclic amines) is 1. The van der Waals surface area contributed by atoms with E-state index in [0.717, 1.165) is 25.9 Å². The molecule has 2 rings (SSSR count). The topological polar surface area (TPSA) is 105 Å². The fourth-order valence-electron chi connectivity index (χ4n) is 2.79. The molecule has 0 aromatic heterocycles. The van der Waals surface area contributed by atoms with Crippen LogP contribution >= 0.6 is 0 Å². The smallest absolute Gasteiger partial charge is 0.240 e. The number of nitrogens with one attached hydrogen (secondary N) is 2. The van der Waals surface area contributed by atoms with Crippen molar-refractivity contribution in [2.45, 2.75) is 37.5 Å². The number of nitrogens with zero attached hydrogens (tertiary/aromatic N) is 1. The van der Waals surface area contributed by atoms with Gasteiger partial charge < -0.3 is 15.0 Å². The number of amides is 2. The zero-order valence-corrected chi connectivity index (χ0v) is 16.4. The van der Waals surface area contributed by atoms with Crippen molar-refractivity contribution in [1.82, 2.24) is 14.9 Å². The van der Waals surface area contributed by atoms with Crippen LogP contribution in [0.3, 0.4) is 0 Å². The van der Waals surface area contributed by atoms with Gasteiger partial charge in [-0.25, -0.2) is 13.1 Å². The van der Waals surface area contributed by atoms with Crippen LogP contribution in [0.25, 0.3) is 0 Å². The van der Waals surface area contributed by atoms with Gasteiger partial charge in [-0.3, -0.25) is 9.59 Å². The number of ether oxygens (including phenoxy) is 1. The summed E-state index contributed by atoms with van der Waals surface area (Å²) in [5.41, 5.74) is 0. The second-order valence-electron chi connectivity index (χ2n) is 6.24. The fraction of sp³-hybridized carbons (Fsp3) is 0.556. The predicted octanol–water partition coefficient (Wildman–Crippen LogP) is 0.882. The average molecular weight is 397 g/mol. The van der Waals surface area contributed by atoms with Crippen LogP contribution in [0.4, 0.5) is 0 Å². The number of carbonyl (C=O) groups excluding carboxylic acids is 2. The molecule has 1 aromatic rings. The van der Waals surface area contributed by atoms with E-state index >= 15 is 0 Å². The van der Waals surface area contributed by atoms with Gasteiger partial charge in [0.15, 0.2) is 0 Å². The van der Waals surface area contributed by atoms with Gasteiger partial charge in [0.2, 0.25) is 21.8 Å². The van der Waals surface area contributed by atoms with E-state index in [0.29, 0.717) is 12.4 Å². The van der Waals surface area contributed by atoms with E-state index in [-0.39, 0.29) is 42.6 Å². The molecule has 0 aliphatic carbocycles. The van der Waals surface area contributed by atoms with Crippen molar-refractivity contribution in [2.75, 3.05) is 32.8 Å². The normalized spacial score (nSPS) is 14.2. The molecule has 2 amide bonds. The highest BCUT2D eigenvalue weighted by Crippen LogP contribution is 2.15. The Kier molecular flexibility index (Phi) is 8.05. The van der Waals surface area contributed by atoms with Gasteiger partial charge in [-0.05, 0) is 44.0 Å². The molecule has 8 nitrogen and oxygen atoms in total. The van der Waals surface area contributed by atoms with E-state index < -0.39 is 10.0 Å². The number of rotatable bonds is 10. The number of sulfonamides is 1. The van der Waals surface area contributed by atoms with Crippen molar-refractivity contribution in [3.8, 4) is 5.75 Å². The maximum absolute atomic E-state index is 12.2. The molecule has 1 aromatic carbocycles. The second-order valence-corrected chi connectivity index (χ2v) is 8.01. The number of hydrogen-bond acceptors (Lipinski definition) is 5. The third-order valence-corrected chi connectivity index (χ3v) is 5.69. The number of benzene rings is 1. The summed E-state index contributed by atoms with van der Waals surface area (Å²) >= 11 is 0. The van der Waals surface area contributed by atoms with E-state index in [4.69, 9.17) is 4.74 Å². The minimum atomic E-state index is -3.68. The molecule has 0 unspecified atom stereocenters. The number of carbonyl (C=O) groups is 2. The van der Waals surface area contributed by atoms with Gasteiger partial charge in [-0.2, -0.15) is 0 Å². The van der Waals surface area contributed by atoms with E-state index in [1.165, 1.54) is 12.1 Å². The summed E-state index contributed by atoms with van der Waals surface area (Å²) in [5, 5.41) is 2.65. The Bertz CT molecular complexity index is 728. The Labute approximate surface area is 160 Å². The molecular formula is C18H27N3O5S. The summed E-state index contributed by atoms with van der Waals surface area (Å²) in [7, 11) is -3.68. The molecule has 1 fully saturated rings. The van der Waals surface area contributed by atoms with Crippen LogP contribution < -0.4 is 14.8 Å². The third kappa shape index (κ3) is 6.84. The molecule has 0 radical (unpaired) electrons. The van der Waals surface area contributed by atoms with Crippen LogP contribution in [-0.4, -0.2) is 57.9 Å². The summed E-state index contributed by atoms with van der Waals surface area (Å²) in [6.07, 6.45) is 2.34. The molecule has 0 atom stereocenters. The van der Waals surface area contributed by atoms with Gasteiger partial charge in [-0.1, -0.05) is 0 Å². The van der Waals surface area contributed by atoms with E-state index in [2.05, 4.69) is 10.0 Å². The predicted molar refractivity (Wildman–Crippen MR) is 101 cm³/mol. The zero-order chi connectivity index (χ0) is 19.7. The Morgan fingerprint density at radius 2 is 1.74 bits per heavy atom. The summed E-state index contributed by atoms with van der Waals surface area (Å²) < 4.78 is 32.1. The van der Waals surface area contributed by atoms with Crippen molar-refractivity contribution in [1.29, 1.82) is 0 Å². The zero-order valence-electron chi connectivity index (χ0n) is 15.6. The molecule has 1 aliphatic rings. The maximum Gasteiger partial charge on any atom is 0.240 e. The Morgan fingerprint density at radius 1 is 1.07 bits per heavy atom. The lowest BCUT2D eigenvalue weighted by Gasteiger charge is -2.15. The molecule has 1 aliphatic heterocycles. The molecule has 2 N–H and O–H groups in total. The van der Waals surface area contributed by atoms with Crippen LogP contribution in [0, 0.1) is 0 Å². The highest BCUT2D eigenvalue weighted by Gasteiger charge is 2.18. The summed E-state index contributed by atoms with van der Waals surface area (Å²) in [6, 6.07) is 6.08. The van der Waals surface area contributed by atoms with Crippen LogP contribution in [0.1, 0.15) is 32.6 Å². The molecule has 1 saturated heterocycles. The lowest BCUT2D eigenvalue weighted by molar-refractivity contribution is -0.130. The van der Waals surface area contributed by atoms with Crippen LogP contribution in [0.5, 0.6) is 5.75 Å². The first kappa shape index (κ1) is 21.2. The van der Waals surface area contributed by atoms with Crippen molar-refractivity contribution < 1.29 is 22.7 Å². The fourth-order valence-corrected chi connectivity index (χ4v) is 3.82. The van der Waals surface area contributed by atoms with E-state index in [1.807, 2.05) is 6.92 Å². The highest BCUT2D eigenvalue weighted by atomic mass is 32.2. The van der Waals surface area contributed by atoms with Gasteiger partial charge in [0.05, 0.1) is 11.5 Å². The minimum absolute atomic E-state index is 0.00810. The largest absolute Gasteiger partial charge is 0.494 e. The molecular weight excluding hydrogens is 370 g/mol. The summed E-state index contributed by atoms with van der Waals surface area (Å²) in [5.74, 6) is 0.349. The Morgan fingerprint density at radius 3 is 2.37 bits per heavy atom. The second kappa shape index (κ2) is 10.3. The molecule has 9 heteroatoms. The van der Waals surface area contributed by atoms with Crippen molar-refractivity contribution in [3.63, 3.8) is 0 Å². The van der Waals surface area contributed by atoms with Crippen LogP contribution in [0.15, 0.2) is 29.2 Å². The molecule has 150 valence electrons. The Balaban J connectivity index is 1.67. The van der Waals surface area contributed by atoms with Crippen molar-refractivity contribution in [3.05, 3.63) is 24.3 Å². The maximum atomic E-state index is 12.2. The quantitative estimate of drug-likeness (QED) is 0.610. The molecule has 0 spiro atoms. The van der Waals surface area contributed by atoms with Gasteiger partial charge >= 0.3 is 0 Å². The van der Waals surface area contributed by atoms with Gasteiger partial charge in [0, 0.05) is 39.0 Å². The first-order valence-corrected chi connectivity index (χ1v) is 10.7. The van der Waals surface area contributed by atoms with Gasteiger partial charge in [0.1, 0.15) is 5.75 Å².